The van der Waals surface area contributed by atoms with Crippen LogP contribution in [0.4, 0.5) is 0 Å². The first-order chi connectivity index (χ1) is 7.68. The summed E-state index contributed by atoms with van der Waals surface area (Å²) in [6, 6.07) is 10.2. The van der Waals surface area contributed by atoms with Gasteiger partial charge in [0.05, 0.1) is 12.5 Å². The second-order valence-corrected chi connectivity index (χ2v) is 4.40. The molecule has 1 fully saturated rings. The molecule has 2 nitrogen and oxygen atoms in total. The molecule has 1 aromatic rings. The molecule has 0 aliphatic carbocycles. The van der Waals surface area contributed by atoms with Crippen molar-refractivity contribution in [2.24, 2.45) is 11.8 Å². The summed E-state index contributed by atoms with van der Waals surface area (Å²) in [7, 11) is 0. The minimum Gasteiger partial charge on any atom is -0.465 e. The Kier molecular flexibility index (Phi) is 3.09. The second kappa shape index (κ2) is 4.52. The van der Waals surface area contributed by atoms with Gasteiger partial charge in [0.2, 0.25) is 0 Å². The normalized spacial score (nSPS) is 24.2. The summed E-state index contributed by atoms with van der Waals surface area (Å²) in [4.78, 5) is 11.5. The van der Waals surface area contributed by atoms with Gasteiger partial charge in [0.1, 0.15) is 0 Å². The molecule has 1 saturated heterocycles. The molecule has 0 amide bonds. The number of rotatable bonds is 3. The van der Waals surface area contributed by atoms with E-state index in [0.717, 1.165) is 12.0 Å². The molecule has 16 heavy (non-hydrogen) atoms. The van der Waals surface area contributed by atoms with Crippen LogP contribution in [0.2, 0.25) is 0 Å². The van der Waals surface area contributed by atoms with Crippen molar-refractivity contribution in [2.45, 2.75) is 13.3 Å². The van der Waals surface area contributed by atoms with Gasteiger partial charge in [-0.25, -0.2) is 0 Å². The third-order valence-corrected chi connectivity index (χ3v) is 3.04. The number of cyclic esters (lactones) is 1. The monoisotopic (exact) mass is 216 g/mol. The van der Waals surface area contributed by atoms with E-state index in [1.54, 1.807) is 0 Å². The third kappa shape index (κ3) is 2.16. The van der Waals surface area contributed by atoms with Crippen LogP contribution in [0.25, 0.3) is 0 Å². The summed E-state index contributed by atoms with van der Waals surface area (Å²) in [5, 5.41) is 0. The molecule has 0 N–H and O–H groups in total. The van der Waals surface area contributed by atoms with Crippen LogP contribution in [-0.2, 0) is 16.0 Å². The van der Waals surface area contributed by atoms with Crippen LogP contribution in [0.1, 0.15) is 12.5 Å². The van der Waals surface area contributed by atoms with Crippen LogP contribution in [0.15, 0.2) is 42.5 Å². The van der Waals surface area contributed by atoms with Crippen LogP contribution in [0.5, 0.6) is 0 Å². The fourth-order valence-electron chi connectivity index (χ4n) is 2.26. The Hall–Kier alpha value is -1.57. The Morgan fingerprint density at radius 1 is 1.44 bits per heavy atom. The van der Waals surface area contributed by atoms with Crippen LogP contribution in [0.3, 0.4) is 0 Å². The predicted octanol–water partition coefficient (Wildman–Crippen LogP) is 2.59. The third-order valence-electron chi connectivity index (χ3n) is 3.04. The molecule has 0 bridgehead atoms. The van der Waals surface area contributed by atoms with Crippen molar-refractivity contribution in [1.82, 2.24) is 0 Å². The maximum absolute atomic E-state index is 11.5. The lowest BCUT2D eigenvalue weighted by atomic mass is 9.85. The number of hydrogen-bond acceptors (Lipinski definition) is 2. The minimum atomic E-state index is -0.125. The average molecular weight is 216 g/mol. The van der Waals surface area contributed by atoms with Crippen molar-refractivity contribution in [1.29, 1.82) is 0 Å². The van der Waals surface area contributed by atoms with Crippen molar-refractivity contribution < 1.29 is 9.53 Å². The lowest BCUT2D eigenvalue weighted by Gasteiger charge is -2.14. The Morgan fingerprint density at radius 3 is 2.75 bits per heavy atom. The van der Waals surface area contributed by atoms with Crippen molar-refractivity contribution in [3.63, 3.8) is 0 Å². The molecule has 0 unspecified atom stereocenters. The van der Waals surface area contributed by atoms with Crippen molar-refractivity contribution in [3.05, 3.63) is 48.0 Å². The molecule has 2 rings (SSSR count). The van der Waals surface area contributed by atoms with Gasteiger partial charge in [-0.1, -0.05) is 42.5 Å². The fraction of sp³-hybridized carbons (Fsp3) is 0.357. The summed E-state index contributed by atoms with van der Waals surface area (Å²) < 4.78 is 5.11. The van der Waals surface area contributed by atoms with E-state index in [1.165, 1.54) is 5.56 Å². The van der Waals surface area contributed by atoms with E-state index in [4.69, 9.17) is 4.74 Å². The number of hydrogen-bond donors (Lipinski definition) is 0. The molecule has 0 spiro atoms. The topological polar surface area (TPSA) is 26.3 Å². The van der Waals surface area contributed by atoms with Gasteiger partial charge in [0, 0.05) is 5.92 Å². The van der Waals surface area contributed by atoms with Crippen molar-refractivity contribution in [3.8, 4) is 0 Å². The van der Waals surface area contributed by atoms with E-state index in [2.05, 4.69) is 18.7 Å². The van der Waals surface area contributed by atoms with Gasteiger partial charge in [-0.15, -0.1) is 0 Å². The first-order valence-electron chi connectivity index (χ1n) is 5.54. The molecule has 0 radical (unpaired) electrons. The van der Waals surface area contributed by atoms with Gasteiger partial charge < -0.3 is 4.74 Å². The van der Waals surface area contributed by atoms with Gasteiger partial charge in [-0.3, -0.25) is 4.79 Å². The highest BCUT2D eigenvalue weighted by molar-refractivity contribution is 5.77. The van der Waals surface area contributed by atoms with Crippen molar-refractivity contribution >= 4 is 5.97 Å². The average Bonchev–Trinajstić information content (AvgIpc) is 2.61. The second-order valence-electron chi connectivity index (χ2n) is 4.40. The van der Waals surface area contributed by atoms with Gasteiger partial charge >= 0.3 is 5.97 Å². The zero-order valence-corrected chi connectivity index (χ0v) is 9.48. The Bertz CT molecular complexity index is 394. The van der Waals surface area contributed by atoms with Gasteiger partial charge in [0.25, 0.3) is 0 Å². The van der Waals surface area contributed by atoms with Crippen molar-refractivity contribution in [2.75, 3.05) is 6.61 Å². The van der Waals surface area contributed by atoms with Crippen LogP contribution < -0.4 is 0 Å². The highest BCUT2D eigenvalue weighted by Gasteiger charge is 2.37. The van der Waals surface area contributed by atoms with E-state index < -0.39 is 0 Å². The molecular weight excluding hydrogens is 200 g/mol. The van der Waals surface area contributed by atoms with E-state index in [0.29, 0.717) is 6.61 Å². The van der Waals surface area contributed by atoms with E-state index in [-0.39, 0.29) is 17.8 Å². The van der Waals surface area contributed by atoms with E-state index in [9.17, 15) is 4.79 Å². The molecule has 1 aliphatic rings. The zero-order chi connectivity index (χ0) is 11.5. The summed E-state index contributed by atoms with van der Waals surface area (Å²) in [6.45, 7) is 6.30. The number of carbonyl (C=O) groups is 1. The standard InChI is InChI=1S/C14H16O2/c1-10(2)13-12(9-16-14(13)15)8-11-6-4-3-5-7-11/h3-7,12-13H,1,8-9H2,2H3/t12-,13+/m0/s1. The maximum Gasteiger partial charge on any atom is 0.313 e. The number of benzene rings is 1. The Labute approximate surface area is 95.9 Å². The summed E-state index contributed by atoms with van der Waals surface area (Å²) in [6.07, 6.45) is 0.879. The van der Waals surface area contributed by atoms with Gasteiger partial charge in [-0.2, -0.15) is 0 Å². The van der Waals surface area contributed by atoms with E-state index >= 15 is 0 Å². The zero-order valence-electron chi connectivity index (χ0n) is 9.48. The largest absolute Gasteiger partial charge is 0.465 e. The SMILES string of the molecule is C=C(C)[C@H]1C(=O)OC[C@@H]1Cc1ccccc1. The molecule has 1 aliphatic heterocycles. The lowest BCUT2D eigenvalue weighted by Crippen LogP contribution is -2.18. The molecule has 1 aromatic carbocycles. The highest BCUT2D eigenvalue weighted by atomic mass is 16.5. The minimum absolute atomic E-state index is 0.117. The Balaban J connectivity index is 2.10. The number of carbonyl (C=O) groups excluding carboxylic acids is 1. The molecular formula is C14H16O2. The first kappa shape index (κ1) is 10.9. The molecule has 84 valence electrons. The van der Waals surface area contributed by atoms with Crippen LogP contribution >= 0.6 is 0 Å². The maximum atomic E-state index is 11.5. The van der Waals surface area contributed by atoms with Gasteiger partial charge in [-0.05, 0) is 18.9 Å². The summed E-state index contributed by atoms with van der Waals surface area (Å²) in [5.74, 6) is 0.000960. The van der Waals surface area contributed by atoms with Crippen LogP contribution in [0, 0.1) is 11.8 Å². The Morgan fingerprint density at radius 2 is 2.12 bits per heavy atom. The predicted molar refractivity (Wildman–Crippen MR) is 62.9 cm³/mol. The van der Waals surface area contributed by atoms with E-state index in [1.807, 2.05) is 25.1 Å². The molecule has 2 heteroatoms. The summed E-state index contributed by atoms with van der Waals surface area (Å²) in [5.41, 5.74) is 2.15. The smallest absolute Gasteiger partial charge is 0.313 e. The molecule has 0 saturated carbocycles. The lowest BCUT2D eigenvalue weighted by molar-refractivity contribution is -0.140. The molecule has 1 heterocycles. The molecule has 0 aromatic heterocycles. The molecule has 2 atom stereocenters. The highest BCUT2D eigenvalue weighted by Crippen LogP contribution is 2.30. The van der Waals surface area contributed by atoms with Gasteiger partial charge in [0.15, 0.2) is 0 Å². The van der Waals surface area contributed by atoms with Crippen LogP contribution in [-0.4, -0.2) is 12.6 Å². The number of ether oxygens (including phenoxy) is 1. The first-order valence-corrected chi connectivity index (χ1v) is 5.54. The quantitative estimate of drug-likeness (QED) is 0.573. The summed E-state index contributed by atoms with van der Waals surface area (Å²) >= 11 is 0. The number of esters is 1. The fourth-order valence-corrected chi connectivity index (χ4v) is 2.26.